The molecule has 1 unspecified atom stereocenters. The van der Waals surface area contributed by atoms with E-state index < -0.39 is 0 Å². The molecule has 0 radical (unpaired) electrons. The van der Waals surface area contributed by atoms with Gasteiger partial charge >= 0.3 is 0 Å². The van der Waals surface area contributed by atoms with Gasteiger partial charge in [-0.1, -0.05) is 12.8 Å². The summed E-state index contributed by atoms with van der Waals surface area (Å²) in [6.07, 6.45) is 6.64. The van der Waals surface area contributed by atoms with Gasteiger partial charge in [0.05, 0.1) is 0 Å². The number of hydrogen-bond donors (Lipinski definition) is 1. The number of amides is 1. The molecular weight excluding hydrogens is 236 g/mol. The van der Waals surface area contributed by atoms with E-state index in [4.69, 9.17) is 0 Å². The van der Waals surface area contributed by atoms with Gasteiger partial charge in [-0.25, -0.2) is 0 Å². The lowest BCUT2D eigenvalue weighted by Gasteiger charge is -2.27. The number of carbonyl (C=O) groups excluding carboxylic acids is 1. The molecule has 100 valence electrons. The maximum absolute atomic E-state index is 12.6. The largest absolute Gasteiger partial charge is 0.361 e. The minimum absolute atomic E-state index is 0.178. The third-order valence-corrected chi connectivity index (χ3v) is 4.11. The molecule has 1 N–H and O–H groups in total. The van der Waals surface area contributed by atoms with Crippen LogP contribution in [-0.4, -0.2) is 28.4 Å². The smallest absolute Gasteiger partial charge is 0.254 e. The highest BCUT2D eigenvalue weighted by Gasteiger charge is 2.23. The van der Waals surface area contributed by atoms with Crippen LogP contribution in [0.3, 0.4) is 0 Å². The Morgan fingerprint density at radius 1 is 1.26 bits per heavy atom. The lowest BCUT2D eigenvalue weighted by Crippen LogP contribution is -2.38. The molecule has 19 heavy (non-hydrogen) atoms. The van der Waals surface area contributed by atoms with Crippen LogP contribution in [-0.2, 0) is 0 Å². The van der Waals surface area contributed by atoms with Crippen molar-refractivity contribution in [3.8, 4) is 0 Å². The second kappa shape index (κ2) is 5.08. The van der Waals surface area contributed by atoms with Crippen LogP contribution in [0, 0.1) is 0 Å². The average molecular weight is 256 g/mol. The van der Waals surface area contributed by atoms with E-state index in [9.17, 15) is 4.79 Å². The van der Waals surface area contributed by atoms with E-state index in [0.717, 1.165) is 35.9 Å². The highest BCUT2D eigenvalue weighted by molar-refractivity contribution is 5.98. The van der Waals surface area contributed by atoms with Gasteiger partial charge in [-0.2, -0.15) is 0 Å². The van der Waals surface area contributed by atoms with Crippen LogP contribution in [0.2, 0.25) is 0 Å². The highest BCUT2D eigenvalue weighted by Crippen LogP contribution is 2.21. The van der Waals surface area contributed by atoms with Crippen molar-refractivity contribution < 1.29 is 4.79 Å². The summed E-state index contributed by atoms with van der Waals surface area (Å²) in [4.78, 5) is 17.8. The highest BCUT2D eigenvalue weighted by atomic mass is 16.2. The van der Waals surface area contributed by atoms with Crippen molar-refractivity contribution in [3.05, 3.63) is 36.0 Å². The third-order valence-electron chi connectivity index (χ3n) is 4.11. The van der Waals surface area contributed by atoms with E-state index in [-0.39, 0.29) is 5.91 Å². The monoisotopic (exact) mass is 256 g/mol. The number of fused-ring (bicyclic) bond motifs is 1. The van der Waals surface area contributed by atoms with Crippen molar-refractivity contribution in [2.24, 2.45) is 0 Å². The SMILES string of the molecule is CC1CCCCCN1C(=O)c1ccc2[nH]ccc2c1. The Labute approximate surface area is 113 Å². The molecule has 0 spiro atoms. The second-order valence-corrected chi connectivity index (χ2v) is 5.48. The molecule has 3 nitrogen and oxygen atoms in total. The van der Waals surface area contributed by atoms with Gasteiger partial charge in [0.2, 0.25) is 0 Å². The summed E-state index contributed by atoms with van der Waals surface area (Å²) < 4.78 is 0. The average Bonchev–Trinajstić information content (AvgIpc) is 2.79. The van der Waals surface area contributed by atoms with Crippen molar-refractivity contribution in [2.75, 3.05) is 6.54 Å². The van der Waals surface area contributed by atoms with Gasteiger partial charge in [-0.3, -0.25) is 4.79 Å². The fourth-order valence-electron chi connectivity index (χ4n) is 2.93. The zero-order valence-corrected chi connectivity index (χ0v) is 11.4. The molecule has 1 atom stereocenters. The molecule has 0 aliphatic carbocycles. The number of likely N-dealkylation sites (tertiary alicyclic amines) is 1. The van der Waals surface area contributed by atoms with Crippen LogP contribution < -0.4 is 0 Å². The van der Waals surface area contributed by atoms with Crippen molar-refractivity contribution in [3.63, 3.8) is 0 Å². The summed E-state index contributed by atoms with van der Waals surface area (Å²) in [7, 11) is 0. The van der Waals surface area contributed by atoms with Crippen molar-refractivity contribution in [1.82, 2.24) is 9.88 Å². The summed E-state index contributed by atoms with van der Waals surface area (Å²) in [5.74, 6) is 0.178. The fraction of sp³-hybridized carbons (Fsp3) is 0.438. The first-order chi connectivity index (χ1) is 9.25. The summed E-state index contributed by atoms with van der Waals surface area (Å²) in [5, 5.41) is 1.10. The van der Waals surface area contributed by atoms with Gasteiger partial charge in [0.15, 0.2) is 0 Å². The number of nitrogens with zero attached hydrogens (tertiary/aromatic N) is 1. The van der Waals surface area contributed by atoms with Gasteiger partial charge in [0.25, 0.3) is 5.91 Å². The van der Waals surface area contributed by atoms with Gasteiger partial charge in [-0.05, 0) is 44.0 Å². The summed E-state index contributed by atoms with van der Waals surface area (Å²) in [6, 6.07) is 8.28. The zero-order chi connectivity index (χ0) is 13.2. The number of H-pyrrole nitrogens is 1. The molecule has 0 saturated carbocycles. The number of nitrogens with one attached hydrogen (secondary N) is 1. The Morgan fingerprint density at radius 2 is 2.16 bits per heavy atom. The molecular formula is C16H20N2O. The van der Waals surface area contributed by atoms with Crippen molar-refractivity contribution in [2.45, 2.75) is 38.6 Å². The van der Waals surface area contributed by atoms with E-state index in [0.29, 0.717) is 6.04 Å². The molecule has 0 bridgehead atoms. The minimum Gasteiger partial charge on any atom is -0.361 e. The van der Waals surface area contributed by atoms with E-state index in [2.05, 4.69) is 11.9 Å². The van der Waals surface area contributed by atoms with Crippen LogP contribution in [0.1, 0.15) is 43.0 Å². The molecule has 1 aliphatic rings. The predicted octanol–water partition coefficient (Wildman–Crippen LogP) is 3.57. The molecule has 3 rings (SSSR count). The number of rotatable bonds is 1. The van der Waals surface area contributed by atoms with E-state index in [1.807, 2.05) is 35.4 Å². The fourth-order valence-corrected chi connectivity index (χ4v) is 2.93. The molecule has 1 amide bonds. The van der Waals surface area contributed by atoms with Crippen molar-refractivity contribution in [1.29, 1.82) is 0 Å². The number of hydrogen-bond acceptors (Lipinski definition) is 1. The maximum atomic E-state index is 12.6. The predicted molar refractivity (Wildman–Crippen MR) is 77.3 cm³/mol. The first-order valence-corrected chi connectivity index (χ1v) is 7.14. The Balaban J connectivity index is 1.88. The first kappa shape index (κ1) is 12.3. The molecule has 1 fully saturated rings. The van der Waals surface area contributed by atoms with Crippen molar-refractivity contribution >= 4 is 16.8 Å². The van der Waals surface area contributed by atoms with Gasteiger partial charge < -0.3 is 9.88 Å². The Bertz CT molecular complexity index is 587. The number of benzene rings is 1. The summed E-state index contributed by atoms with van der Waals surface area (Å²) >= 11 is 0. The second-order valence-electron chi connectivity index (χ2n) is 5.48. The Morgan fingerprint density at radius 3 is 3.05 bits per heavy atom. The summed E-state index contributed by atoms with van der Waals surface area (Å²) in [5.41, 5.74) is 1.89. The van der Waals surface area contributed by atoms with Crippen LogP contribution in [0.25, 0.3) is 10.9 Å². The quantitative estimate of drug-likeness (QED) is 0.832. The van der Waals surface area contributed by atoms with Crippen LogP contribution >= 0.6 is 0 Å². The molecule has 1 aromatic carbocycles. The third kappa shape index (κ3) is 2.37. The first-order valence-electron chi connectivity index (χ1n) is 7.14. The van der Waals surface area contributed by atoms with E-state index in [1.165, 1.54) is 12.8 Å². The number of aromatic nitrogens is 1. The molecule has 3 heteroatoms. The van der Waals surface area contributed by atoms with Crippen LogP contribution in [0.15, 0.2) is 30.5 Å². The van der Waals surface area contributed by atoms with Crippen LogP contribution in [0.4, 0.5) is 0 Å². The molecule has 2 aromatic rings. The summed E-state index contributed by atoms with van der Waals surface area (Å²) in [6.45, 7) is 3.06. The normalized spacial score (nSPS) is 20.5. The van der Waals surface area contributed by atoms with E-state index in [1.54, 1.807) is 0 Å². The van der Waals surface area contributed by atoms with Crippen LogP contribution in [0.5, 0.6) is 0 Å². The number of aromatic amines is 1. The molecule has 1 aliphatic heterocycles. The Hall–Kier alpha value is -1.77. The number of carbonyl (C=O) groups is 1. The molecule has 1 saturated heterocycles. The maximum Gasteiger partial charge on any atom is 0.254 e. The topological polar surface area (TPSA) is 36.1 Å². The molecule has 2 heterocycles. The van der Waals surface area contributed by atoms with Gasteiger partial charge in [0.1, 0.15) is 0 Å². The van der Waals surface area contributed by atoms with Gasteiger partial charge in [-0.15, -0.1) is 0 Å². The molecule has 1 aromatic heterocycles. The zero-order valence-electron chi connectivity index (χ0n) is 11.4. The standard InChI is InChI=1S/C16H20N2O/c1-12-5-3-2-4-10-18(12)16(19)14-6-7-15-13(11-14)8-9-17-15/h6-9,11-12,17H,2-5,10H2,1H3. The van der Waals surface area contributed by atoms with Gasteiger partial charge in [0, 0.05) is 35.2 Å². The van der Waals surface area contributed by atoms with E-state index >= 15 is 0 Å². The lowest BCUT2D eigenvalue weighted by atomic mass is 10.1. The Kier molecular flexibility index (Phi) is 3.28. The lowest BCUT2D eigenvalue weighted by molar-refractivity contribution is 0.0698. The minimum atomic E-state index is 0.178.